The van der Waals surface area contributed by atoms with Gasteiger partial charge < -0.3 is 11.1 Å². The molecule has 0 heterocycles. The lowest BCUT2D eigenvalue weighted by Crippen LogP contribution is -2.53. The van der Waals surface area contributed by atoms with E-state index in [9.17, 15) is 9.59 Å². The molecule has 0 aromatic heterocycles. The van der Waals surface area contributed by atoms with Gasteiger partial charge in [-0.2, -0.15) is 0 Å². The van der Waals surface area contributed by atoms with Crippen molar-refractivity contribution < 1.29 is 9.59 Å². The summed E-state index contributed by atoms with van der Waals surface area (Å²) in [5.41, 5.74) is 3.98. The van der Waals surface area contributed by atoms with Crippen LogP contribution in [0.3, 0.4) is 0 Å². The average molecular weight is 159 g/mol. The zero-order valence-electron chi connectivity index (χ0n) is 6.89. The Labute approximate surface area is 65.3 Å². The van der Waals surface area contributed by atoms with E-state index in [0.29, 0.717) is 0 Å². The van der Waals surface area contributed by atoms with Crippen molar-refractivity contribution in [1.82, 2.24) is 10.6 Å². The van der Waals surface area contributed by atoms with E-state index in [4.69, 9.17) is 5.73 Å². The highest BCUT2D eigenvalue weighted by atomic mass is 16.2. The number of nitrogens with one attached hydrogen (secondary N) is 2. The molecule has 0 atom stereocenters. The van der Waals surface area contributed by atoms with Gasteiger partial charge in [0, 0.05) is 0 Å². The molecule has 0 radical (unpaired) electrons. The molecule has 3 amide bonds. The summed E-state index contributed by atoms with van der Waals surface area (Å²) in [7, 11) is 1.63. The van der Waals surface area contributed by atoms with Crippen LogP contribution in [0.2, 0.25) is 0 Å². The number of nitrogens with two attached hydrogens (primary N) is 1. The van der Waals surface area contributed by atoms with Crippen molar-refractivity contribution in [3.63, 3.8) is 0 Å². The standard InChI is InChI=1S/C6H13N3O2/c1-6(2,8-3)4(10)9-5(7)11/h8H,1-3H3,(H3,7,9,10,11). The minimum Gasteiger partial charge on any atom is -0.351 e. The number of amides is 3. The maximum atomic E-state index is 11.0. The Morgan fingerprint density at radius 2 is 1.82 bits per heavy atom. The first-order chi connectivity index (χ1) is 4.90. The first-order valence-electron chi connectivity index (χ1n) is 3.20. The molecule has 0 aromatic rings. The Bertz CT molecular complexity index is 177. The summed E-state index contributed by atoms with van der Waals surface area (Å²) in [4.78, 5) is 21.3. The number of imide groups is 1. The minimum atomic E-state index is -0.835. The molecule has 0 saturated carbocycles. The Morgan fingerprint density at radius 1 is 1.36 bits per heavy atom. The van der Waals surface area contributed by atoms with Crippen molar-refractivity contribution in [2.45, 2.75) is 19.4 Å². The van der Waals surface area contributed by atoms with Crippen LogP contribution in [0.1, 0.15) is 13.8 Å². The van der Waals surface area contributed by atoms with Crippen LogP contribution in [0, 0.1) is 0 Å². The highest BCUT2D eigenvalue weighted by molar-refractivity contribution is 5.98. The van der Waals surface area contributed by atoms with Gasteiger partial charge in [0.25, 0.3) is 0 Å². The van der Waals surface area contributed by atoms with Crippen LogP contribution >= 0.6 is 0 Å². The molecule has 5 nitrogen and oxygen atoms in total. The zero-order valence-corrected chi connectivity index (χ0v) is 6.89. The van der Waals surface area contributed by atoms with E-state index >= 15 is 0 Å². The summed E-state index contributed by atoms with van der Waals surface area (Å²) in [5, 5.41) is 4.70. The third kappa shape index (κ3) is 2.99. The number of rotatable bonds is 2. The van der Waals surface area contributed by atoms with Gasteiger partial charge in [-0.05, 0) is 20.9 Å². The SMILES string of the molecule is CNC(C)(C)C(=O)NC(N)=O. The lowest BCUT2D eigenvalue weighted by atomic mass is 10.1. The third-order valence-corrected chi connectivity index (χ3v) is 1.43. The van der Waals surface area contributed by atoms with Gasteiger partial charge in [-0.1, -0.05) is 0 Å². The van der Waals surface area contributed by atoms with Crippen LogP contribution in [0.5, 0.6) is 0 Å². The predicted molar refractivity (Wildman–Crippen MR) is 40.9 cm³/mol. The smallest absolute Gasteiger partial charge is 0.318 e. The summed E-state index contributed by atoms with van der Waals surface area (Å²) < 4.78 is 0. The molecule has 4 N–H and O–H groups in total. The molecule has 0 unspecified atom stereocenters. The summed E-state index contributed by atoms with van der Waals surface area (Å²) in [6.07, 6.45) is 0. The van der Waals surface area contributed by atoms with E-state index in [1.807, 2.05) is 5.32 Å². The molecule has 5 heteroatoms. The molecular formula is C6H13N3O2. The van der Waals surface area contributed by atoms with Crippen molar-refractivity contribution in [2.75, 3.05) is 7.05 Å². The summed E-state index contributed by atoms with van der Waals surface area (Å²) in [6.45, 7) is 3.29. The zero-order chi connectivity index (χ0) is 9.07. The van der Waals surface area contributed by atoms with Crippen LogP contribution in [-0.2, 0) is 4.79 Å². The molecule has 0 spiro atoms. The van der Waals surface area contributed by atoms with Gasteiger partial charge in [0.15, 0.2) is 0 Å². The number of urea groups is 1. The highest BCUT2D eigenvalue weighted by Crippen LogP contribution is 1.99. The molecule has 0 saturated heterocycles. The van der Waals surface area contributed by atoms with E-state index in [0.717, 1.165) is 0 Å². The first-order valence-corrected chi connectivity index (χ1v) is 3.20. The molecule has 11 heavy (non-hydrogen) atoms. The molecule has 0 aromatic carbocycles. The van der Waals surface area contributed by atoms with Crippen molar-refractivity contribution in [1.29, 1.82) is 0 Å². The summed E-state index contributed by atoms with van der Waals surface area (Å²) in [5.74, 6) is -0.437. The van der Waals surface area contributed by atoms with Crippen LogP contribution in [0.4, 0.5) is 4.79 Å². The minimum absolute atomic E-state index is 0.437. The second-order valence-corrected chi connectivity index (χ2v) is 2.69. The van der Waals surface area contributed by atoms with Gasteiger partial charge >= 0.3 is 6.03 Å². The second-order valence-electron chi connectivity index (χ2n) is 2.69. The fraction of sp³-hybridized carbons (Fsp3) is 0.667. The van der Waals surface area contributed by atoms with Crippen molar-refractivity contribution in [2.24, 2.45) is 5.73 Å². The number of carbonyl (C=O) groups excluding carboxylic acids is 2. The number of hydrogen-bond acceptors (Lipinski definition) is 3. The third-order valence-electron chi connectivity index (χ3n) is 1.43. The van der Waals surface area contributed by atoms with E-state index in [1.54, 1.807) is 20.9 Å². The number of hydrogen-bond donors (Lipinski definition) is 3. The van der Waals surface area contributed by atoms with Crippen molar-refractivity contribution in [3.05, 3.63) is 0 Å². The monoisotopic (exact) mass is 159 g/mol. The molecule has 0 bridgehead atoms. The maximum Gasteiger partial charge on any atom is 0.318 e. The Kier molecular flexibility index (Phi) is 3.00. The van der Waals surface area contributed by atoms with Gasteiger partial charge in [-0.15, -0.1) is 0 Å². The molecular weight excluding hydrogens is 146 g/mol. The lowest BCUT2D eigenvalue weighted by Gasteiger charge is -2.21. The van der Waals surface area contributed by atoms with E-state index < -0.39 is 17.5 Å². The molecule has 0 aliphatic carbocycles. The quantitative estimate of drug-likeness (QED) is 0.492. The summed E-state index contributed by atoms with van der Waals surface area (Å²) >= 11 is 0. The normalized spacial score (nSPS) is 10.8. The fourth-order valence-corrected chi connectivity index (χ4v) is 0.382. The topological polar surface area (TPSA) is 84.2 Å². The van der Waals surface area contributed by atoms with Gasteiger partial charge in [-0.25, -0.2) is 4.79 Å². The van der Waals surface area contributed by atoms with Gasteiger partial charge in [0.2, 0.25) is 5.91 Å². The van der Waals surface area contributed by atoms with Crippen LogP contribution in [-0.4, -0.2) is 24.5 Å². The maximum absolute atomic E-state index is 11.0. The van der Waals surface area contributed by atoms with Crippen LogP contribution < -0.4 is 16.4 Å². The highest BCUT2D eigenvalue weighted by Gasteiger charge is 2.25. The van der Waals surface area contributed by atoms with Crippen LogP contribution in [0.15, 0.2) is 0 Å². The Morgan fingerprint density at radius 3 is 2.09 bits per heavy atom. The number of primary amides is 1. The Balaban J connectivity index is 4.13. The molecule has 0 fully saturated rings. The van der Waals surface area contributed by atoms with Gasteiger partial charge in [0.05, 0.1) is 5.54 Å². The first kappa shape index (κ1) is 9.90. The molecule has 0 aliphatic heterocycles. The predicted octanol–water partition coefficient (Wildman–Crippen LogP) is -0.821. The molecule has 64 valence electrons. The molecule has 0 rings (SSSR count). The van der Waals surface area contributed by atoms with Gasteiger partial charge in [-0.3, -0.25) is 10.1 Å². The average Bonchev–Trinajstić information content (AvgIpc) is 1.86. The summed E-state index contributed by atoms with van der Waals surface area (Å²) in [6, 6.07) is -0.835. The van der Waals surface area contributed by atoms with E-state index in [2.05, 4.69) is 5.32 Å². The van der Waals surface area contributed by atoms with E-state index in [1.165, 1.54) is 0 Å². The Hall–Kier alpha value is -1.10. The van der Waals surface area contributed by atoms with Crippen molar-refractivity contribution >= 4 is 11.9 Å². The lowest BCUT2D eigenvalue weighted by molar-refractivity contribution is -0.125. The molecule has 0 aliphatic rings. The number of carbonyl (C=O) groups is 2. The van der Waals surface area contributed by atoms with Gasteiger partial charge in [0.1, 0.15) is 0 Å². The number of likely N-dealkylation sites (N-methyl/N-ethyl adjacent to an activating group) is 1. The largest absolute Gasteiger partial charge is 0.351 e. The second kappa shape index (κ2) is 3.34. The van der Waals surface area contributed by atoms with Crippen molar-refractivity contribution in [3.8, 4) is 0 Å². The van der Waals surface area contributed by atoms with Crippen LogP contribution in [0.25, 0.3) is 0 Å². The van der Waals surface area contributed by atoms with E-state index in [-0.39, 0.29) is 0 Å². The fourth-order valence-electron chi connectivity index (χ4n) is 0.382.